The number of amides is 1. The van der Waals surface area contributed by atoms with Crippen molar-refractivity contribution in [2.75, 3.05) is 43.5 Å². The number of hydrogen-bond donors (Lipinski definition) is 1. The second-order valence-electron chi connectivity index (χ2n) is 5.38. The predicted octanol–water partition coefficient (Wildman–Crippen LogP) is 2.49. The van der Waals surface area contributed by atoms with E-state index in [9.17, 15) is 4.79 Å². The van der Waals surface area contributed by atoms with Crippen LogP contribution in [0.15, 0.2) is 41.4 Å². The second kappa shape index (κ2) is 9.03. The summed E-state index contributed by atoms with van der Waals surface area (Å²) in [6.45, 7) is 3.20. The Kier molecular flexibility index (Phi) is 6.49. The molecular formula is C17H19ClN4O2S. The number of rotatable bonds is 6. The van der Waals surface area contributed by atoms with Crippen LogP contribution in [0.4, 0.5) is 5.95 Å². The smallest absolute Gasteiger partial charge is 0.271 e. The van der Waals surface area contributed by atoms with E-state index in [0.717, 1.165) is 5.75 Å². The van der Waals surface area contributed by atoms with Crippen LogP contribution in [0.25, 0.3) is 0 Å². The normalized spacial score (nSPS) is 14.4. The maximum Gasteiger partial charge on any atom is 0.271 e. The average Bonchev–Trinajstić information content (AvgIpc) is 2.67. The number of halogens is 1. The van der Waals surface area contributed by atoms with Crippen LogP contribution in [-0.4, -0.2) is 54.5 Å². The molecule has 1 aromatic heterocycles. The van der Waals surface area contributed by atoms with Crippen molar-refractivity contribution >= 4 is 35.2 Å². The molecule has 1 aliphatic rings. The lowest BCUT2D eigenvalue weighted by atomic mass is 10.3. The summed E-state index contributed by atoms with van der Waals surface area (Å²) < 4.78 is 5.32. The van der Waals surface area contributed by atoms with Gasteiger partial charge in [0.05, 0.1) is 24.4 Å². The third kappa shape index (κ3) is 5.07. The Balaban J connectivity index is 1.55. The number of aromatic nitrogens is 2. The van der Waals surface area contributed by atoms with E-state index in [1.54, 1.807) is 11.8 Å². The quantitative estimate of drug-likeness (QED) is 0.615. The zero-order chi connectivity index (χ0) is 17.5. The summed E-state index contributed by atoms with van der Waals surface area (Å²) in [7, 11) is 0. The van der Waals surface area contributed by atoms with Crippen molar-refractivity contribution in [2.45, 2.75) is 4.90 Å². The van der Waals surface area contributed by atoms with E-state index in [1.807, 2.05) is 35.2 Å². The Labute approximate surface area is 155 Å². The lowest BCUT2D eigenvalue weighted by molar-refractivity contribution is 0.0951. The zero-order valence-electron chi connectivity index (χ0n) is 13.7. The molecule has 0 atom stereocenters. The molecule has 1 aliphatic heterocycles. The van der Waals surface area contributed by atoms with Gasteiger partial charge in [-0.2, -0.15) is 0 Å². The Morgan fingerprint density at radius 3 is 2.80 bits per heavy atom. The minimum Gasteiger partial charge on any atom is -0.378 e. The van der Waals surface area contributed by atoms with Crippen LogP contribution in [0.3, 0.4) is 0 Å². The topological polar surface area (TPSA) is 67.4 Å². The highest BCUT2D eigenvalue weighted by Gasteiger charge is 2.18. The van der Waals surface area contributed by atoms with Crippen molar-refractivity contribution in [1.82, 2.24) is 15.3 Å². The number of nitrogens with one attached hydrogen (secondary N) is 1. The van der Waals surface area contributed by atoms with Crippen LogP contribution in [-0.2, 0) is 4.74 Å². The molecule has 0 saturated carbocycles. The second-order valence-corrected chi connectivity index (χ2v) is 6.96. The molecule has 132 valence electrons. The monoisotopic (exact) mass is 378 g/mol. The highest BCUT2D eigenvalue weighted by molar-refractivity contribution is 7.99. The lowest BCUT2D eigenvalue weighted by Gasteiger charge is -2.26. The molecule has 1 fully saturated rings. The van der Waals surface area contributed by atoms with Gasteiger partial charge in [-0.15, -0.1) is 11.8 Å². The first-order chi connectivity index (χ1) is 12.2. The number of carbonyl (C=O) groups is 1. The Hall–Kier alpha value is -1.83. The van der Waals surface area contributed by atoms with E-state index in [1.165, 1.54) is 11.1 Å². The van der Waals surface area contributed by atoms with Gasteiger partial charge in [0, 0.05) is 30.3 Å². The van der Waals surface area contributed by atoms with Crippen LogP contribution >= 0.6 is 23.4 Å². The molecule has 0 unspecified atom stereocenters. The molecular weight excluding hydrogens is 360 g/mol. The van der Waals surface area contributed by atoms with Crippen molar-refractivity contribution in [3.63, 3.8) is 0 Å². The minimum atomic E-state index is -0.282. The summed E-state index contributed by atoms with van der Waals surface area (Å²) in [5.74, 6) is 1.00. The number of benzene rings is 1. The van der Waals surface area contributed by atoms with Crippen molar-refractivity contribution in [1.29, 1.82) is 0 Å². The maximum atomic E-state index is 12.4. The molecule has 0 aliphatic carbocycles. The fourth-order valence-electron chi connectivity index (χ4n) is 2.37. The Morgan fingerprint density at radius 1 is 1.28 bits per heavy atom. The van der Waals surface area contributed by atoms with Crippen molar-refractivity contribution in [2.24, 2.45) is 0 Å². The van der Waals surface area contributed by atoms with Crippen LogP contribution in [0.5, 0.6) is 0 Å². The summed E-state index contributed by atoms with van der Waals surface area (Å²) in [5, 5.41) is 3.12. The van der Waals surface area contributed by atoms with Crippen LogP contribution in [0.2, 0.25) is 5.02 Å². The molecule has 8 heteroatoms. The summed E-state index contributed by atoms with van der Waals surface area (Å²) in [6, 6.07) is 10.1. The van der Waals surface area contributed by atoms with Crippen LogP contribution < -0.4 is 10.2 Å². The fraction of sp³-hybridized carbons (Fsp3) is 0.353. The van der Waals surface area contributed by atoms with Gasteiger partial charge in [-0.25, -0.2) is 9.97 Å². The van der Waals surface area contributed by atoms with E-state index < -0.39 is 0 Å². The van der Waals surface area contributed by atoms with Gasteiger partial charge >= 0.3 is 0 Å². The fourth-order valence-corrected chi connectivity index (χ4v) is 3.33. The number of nitrogens with zero attached hydrogens (tertiary/aromatic N) is 3. The van der Waals surface area contributed by atoms with Gasteiger partial charge in [0.2, 0.25) is 5.95 Å². The third-order valence-electron chi connectivity index (χ3n) is 3.64. The number of morpholine rings is 1. The van der Waals surface area contributed by atoms with E-state index >= 15 is 0 Å². The molecule has 0 radical (unpaired) electrons. The Morgan fingerprint density at radius 2 is 2.04 bits per heavy atom. The molecule has 3 rings (SSSR count). The zero-order valence-corrected chi connectivity index (χ0v) is 15.2. The average molecular weight is 379 g/mol. The summed E-state index contributed by atoms with van der Waals surface area (Å²) >= 11 is 7.79. The highest BCUT2D eigenvalue weighted by atomic mass is 35.5. The standard InChI is InChI=1S/C17H19ClN4O2S/c18-14-12-20-17(22-7-9-24-10-8-22)21-15(14)16(23)19-6-11-25-13-4-2-1-3-5-13/h1-5,12H,6-11H2,(H,19,23). The summed E-state index contributed by atoms with van der Waals surface area (Å²) in [4.78, 5) is 24.1. The molecule has 0 bridgehead atoms. The number of carbonyl (C=O) groups excluding carboxylic acids is 1. The number of ether oxygens (including phenoxy) is 1. The predicted molar refractivity (Wildman–Crippen MR) is 99.6 cm³/mol. The summed E-state index contributed by atoms with van der Waals surface area (Å²) in [6.07, 6.45) is 1.48. The molecule has 1 amide bonds. The first-order valence-corrected chi connectivity index (χ1v) is 9.41. The van der Waals surface area contributed by atoms with Gasteiger partial charge in [0.1, 0.15) is 0 Å². The molecule has 6 nitrogen and oxygen atoms in total. The van der Waals surface area contributed by atoms with Crippen LogP contribution in [0.1, 0.15) is 10.5 Å². The third-order valence-corrected chi connectivity index (χ3v) is 4.93. The highest BCUT2D eigenvalue weighted by Crippen LogP contribution is 2.18. The van der Waals surface area contributed by atoms with E-state index in [-0.39, 0.29) is 16.6 Å². The van der Waals surface area contributed by atoms with Crippen LogP contribution in [0, 0.1) is 0 Å². The van der Waals surface area contributed by atoms with Crippen molar-refractivity contribution < 1.29 is 9.53 Å². The van der Waals surface area contributed by atoms with E-state index in [2.05, 4.69) is 15.3 Å². The van der Waals surface area contributed by atoms with Crippen molar-refractivity contribution in [3.8, 4) is 0 Å². The maximum absolute atomic E-state index is 12.4. The molecule has 0 spiro atoms. The van der Waals surface area contributed by atoms with E-state index in [0.29, 0.717) is 38.8 Å². The van der Waals surface area contributed by atoms with Gasteiger partial charge in [-0.05, 0) is 12.1 Å². The number of hydrogen-bond acceptors (Lipinski definition) is 6. The molecule has 2 aromatic rings. The largest absolute Gasteiger partial charge is 0.378 e. The van der Waals surface area contributed by atoms with E-state index in [4.69, 9.17) is 16.3 Å². The first-order valence-electron chi connectivity index (χ1n) is 8.05. The molecule has 25 heavy (non-hydrogen) atoms. The van der Waals surface area contributed by atoms with Gasteiger partial charge < -0.3 is 15.0 Å². The minimum absolute atomic E-state index is 0.211. The number of thioether (sulfide) groups is 1. The SMILES string of the molecule is O=C(NCCSc1ccccc1)c1nc(N2CCOCC2)ncc1Cl. The lowest BCUT2D eigenvalue weighted by Crippen LogP contribution is -2.38. The van der Waals surface area contributed by atoms with Crippen molar-refractivity contribution in [3.05, 3.63) is 47.2 Å². The number of anilines is 1. The molecule has 1 saturated heterocycles. The van der Waals surface area contributed by atoms with Gasteiger partial charge in [-0.3, -0.25) is 4.79 Å². The van der Waals surface area contributed by atoms with Gasteiger partial charge in [0.25, 0.3) is 5.91 Å². The molecule has 1 aromatic carbocycles. The van der Waals surface area contributed by atoms with Gasteiger partial charge in [0.15, 0.2) is 5.69 Å². The summed E-state index contributed by atoms with van der Waals surface area (Å²) in [5.41, 5.74) is 0.211. The Bertz CT molecular complexity index is 711. The first kappa shape index (κ1) is 18.0. The van der Waals surface area contributed by atoms with Gasteiger partial charge in [-0.1, -0.05) is 29.8 Å². The molecule has 2 heterocycles. The molecule has 1 N–H and O–H groups in total.